The molecule has 90 valence electrons. The average Bonchev–Trinajstić information content (AvgIpc) is 2.70. The van der Waals surface area contributed by atoms with Gasteiger partial charge < -0.3 is 0 Å². The van der Waals surface area contributed by atoms with Crippen molar-refractivity contribution in [1.29, 1.82) is 0 Å². The van der Waals surface area contributed by atoms with Crippen LogP contribution in [0, 0.1) is 0 Å². The van der Waals surface area contributed by atoms with Crippen molar-refractivity contribution in [2.45, 2.75) is 5.03 Å². The summed E-state index contributed by atoms with van der Waals surface area (Å²) in [7, 11) is -3.87. The molecule has 5 nitrogen and oxygen atoms in total. The Morgan fingerprint density at radius 3 is 2.59 bits per heavy atom. The highest BCUT2D eigenvalue weighted by Gasteiger charge is 2.17. The fourth-order valence-corrected chi connectivity index (χ4v) is 2.36. The number of primary sulfonamides is 1. The van der Waals surface area contributed by atoms with E-state index in [9.17, 15) is 8.42 Å². The first kappa shape index (κ1) is 12.4. The largest absolute Gasteiger partial charge is 0.255 e. The molecule has 0 aliphatic heterocycles. The molecule has 0 bridgehead atoms. The van der Waals surface area contributed by atoms with Gasteiger partial charge in [0.25, 0.3) is 10.0 Å². The Hall–Kier alpha value is -1.08. The van der Waals surface area contributed by atoms with Gasteiger partial charge in [0.2, 0.25) is 0 Å². The van der Waals surface area contributed by atoms with Gasteiger partial charge in [-0.3, -0.25) is 0 Å². The standard InChI is InChI=1S/C9H7Cl2N3O2S/c10-6-2-1-3-7(9(6)11)14-8(4-5-13-14)17(12,15)16/h1-5H,(H2,12,15,16). The lowest BCUT2D eigenvalue weighted by molar-refractivity contribution is 0.587. The highest BCUT2D eigenvalue weighted by Crippen LogP contribution is 2.29. The van der Waals surface area contributed by atoms with Gasteiger partial charge in [-0.05, 0) is 18.2 Å². The van der Waals surface area contributed by atoms with Gasteiger partial charge in [-0.2, -0.15) is 5.10 Å². The van der Waals surface area contributed by atoms with E-state index in [1.165, 1.54) is 12.3 Å². The minimum atomic E-state index is -3.87. The van der Waals surface area contributed by atoms with Crippen molar-refractivity contribution in [2.75, 3.05) is 0 Å². The summed E-state index contributed by atoms with van der Waals surface area (Å²) in [6.45, 7) is 0. The van der Waals surface area contributed by atoms with Crippen LogP contribution in [-0.2, 0) is 10.0 Å². The van der Waals surface area contributed by atoms with Crippen LogP contribution in [0.5, 0.6) is 0 Å². The van der Waals surface area contributed by atoms with Crippen molar-refractivity contribution >= 4 is 33.2 Å². The van der Waals surface area contributed by atoms with Crippen molar-refractivity contribution in [1.82, 2.24) is 9.78 Å². The Morgan fingerprint density at radius 2 is 1.94 bits per heavy atom. The van der Waals surface area contributed by atoms with E-state index in [1.807, 2.05) is 0 Å². The number of aromatic nitrogens is 2. The quantitative estimate of drug-likeness (QED) is 0.917. The molecule has 0 unspecified atom stereocenters. The van der Waals surface area contributed by atoms with Crippen LogP contribution in [0.25, 0.3) is 5.69 Å². The Bertz CT molecular complexity index is 667. The predicted octanol–water partition coefficient (Wildman–Crippen LogP) is 1.83. The molecule has 0 atom stereocenters. The van der Waals surface area contributed by atoms with E-state index >= 15 is 0 Å². The van der Waals surface area contributed by atoms with Crippen molar-refractivity contribution in [2.24, 2.45) is 5.14 Å². The molecule has 0 aliphatic carbocycles. The Morgan fingerprint density at radius 1 is 1.24 bits per heavy atom. The average molecular weight is 292 g/mol. The summed E-state index contributed by atoms with van der Waals surface area (Å²) in [5.74, 6) is 0. The van der Waals surface area contributed by atoms with E-state index in [1.54, 1.807) is 18.2 Å². The van der Waals surface area contributed by atoms with E-state index in [2.05, 4.69) is 5.10 Å². The summed E-state index contributed by atoms with van der Waals surface area (Å²) in [5.41, 5.74) is 0.355. The van der Waals surface area contributed by atoms with Gasteiger partial charge in [-0.1, -0.05) is 29.3 Å². The molecule has 1 aromatic heterocycles. The van der Waals surface area contributed by atoms with Crippen molar-refractivity contribution in [3.63, 3.8) is 0 Å². The van der Waals surface area contributed by atoms with E-state index in [0.29, 0.717) is 10.7 Å². The monoisotopic (exact) mass is 291 g/mol. The van der Waals surface area contributed by atoms with Crippen LogP contribution in [-0.4, -0.2) is 18.2 Å². The van der Waals surface area contributed by atoms with Crippen molar-refractivity contribution in [3.05, 3.63) is 40.5 Å². The van der Waals surface area contributed by atoms with Crippen LogP contribution in [0.1, 0.15) is 0 Å². The molecule has 17 heavy (non-hydrogen) atoms. The Labute approximate surface area is 108 Å². The topological polar surface area (TPSA) is 78.0 Å². The summed E-state index contributed by atoms with van der Waals surface area (Å²) in [6.07, 6.45) is 1.32. The number of sulfonamides is 1. The number of nitrogens with two attached hydrogens (primary N) is 1. The van der Waals surface area contributed by atoms with Crippen LogP contribution in [0.4, 0.5) is 0 Å². The zero-order valence-corrected chi connectivity index (χ0v) is 10.7. The van der Waals surface area contributed by atoms with Gasteiger partial charge in [0.05, 0.1) is 21.9 Å². The SMILES string of the molecule is NS(=O)(=O)c1ccnn1-c1cccc(Cl)c1Cl. The van der Waals surface area contributed by atoms with Crippen LogP contribution >= 0.6 is 23.2 Å². The number of benzene rings is 1. The highest BCUT2D eigenvalue weighted by atomic mass is 35.5. The molecule has 0 saturated heterocycles. The Kier molecular flexibility index (Phi) is 3.13. The van der Waals surface area contributed by atoms with Crippen molar-refractivity contribution < 1.29 is 8.42 Å². The molecule has 2 rings (SSSR count). The molecule has 1 aromatic carbocycles. The molecule has 0 spiro atoms. The van der Waals surface area contributed by atoms with Gasteiger partial charge in [0.1, 0.15) is 0 Å². The van der Waals surface area contributed by atoms with Crippen LogP contribution in [0.2, 0.25) is 10.0 Å². The molecule has 0 fully saturated rings. The lowest BCUT2D eigenvalue weighted by atomic mass is 10.3. The third-order valence-corrected chi connectivity index (χ3v) is 3.76. The van der Waals surface area contributed by atoms with Gasteiger partial charge >= 0.3 is 0 Å². The fraction of sp³-hybridized carbons (Fsp3) is 0. The number of hydrogen-bond acceptors (Lipinski definition) is 3. The molecule has 0 amide bonds. The number of hydrogen-bond donors (Lipinski definition) is 1. The van der Waals surface area contributed by atoms with E-state index in [4.69, 9.17) is 28.3 Å². The first-order valence-corrected chi connectivity index (χ1v) is 6.72. The lowest BCUT2D eigenvalue weighted by Gasteiger charge is -2.08. The molecule has 0 radical (unpaired) electrons. The van der Waals surface area contributed by atoms with E-state index in [-0.39, 0.29) is 10.0 Å². The number of rotatable bonds is 2. The molecule has 0 saturated carbocycles. The summed E-state index contributed by atoms with van der Waals surface area (Å²) < 4.78 is 23.8. The zero-order valence-electron chi connectivity index (χ0n) is 8.34. The van der Waals surface area contributed by atoms with E-state index < -0.39 is 10.0 Å². The van der Waals surface area contributed by atoms with Gasteiger partial charge in [-0.15, -0.1) is 0 Å². The fourth-order valence-electron chi connectivity index (χ4n) is 1.34. The molecule has 1 heterocycles. The molecule has 0 aliphatic rings. The second-order valence-electron chi connectivity index (χ2n) is 3.20. The van der Waals surface area contributed by atoms with Crippen LogP contribution in [0.15, 0.2) is 35.5 Å². The lowest BCUT2D eigenvalue weighted by Crippen LogP contribution is -2.17. The highest BCUT2D eigenvalue weighted by molar-refractivity contribution is 7.89. The Balaban J connectivity index is 2.71. The maximum atomic E-state index is 11.3. The smallest absolute Gasteiger partial charge is 0.223 e. The summed E-state index contributed by atoms with van der Waals surface area (Å²) in [6, 6.07) is 6.11. The minimum Gasteiger partial charge on any atom is -0.223 e. The molecule has 8 heteroatoms. The molecule has 2 N–H and O–H groups in total. The van der Waals surface area contributed by atoms with Gasteiger partial charge in [0.15, 0.2) is 5.03 Å². The minimum absolute atomic E-state index is 0.151. The predicted molar refractivity (Wildman–Crippen MR) is 65.0 cm³/mol. The van der Waals surface area contributed by atoms with Gasteiger partial charge in [0, 0.05) is 0 Å². The third kappa shape index (κ3) is 2.30. The number of nitrogens with zero attached hydrogens (tertiary/aromatic N) is 2. The maximum Gasteiger partial charge on any atom is 0.255 e. The first-order chi connectivity index (χ1) is 7.91. The summed E-state index contributed by atoms with van der Waals surface area (Å²) in [4.78, 5) is 0. The van der Waals surface area contributed by atoms with E-state index in [0.717, 1.165) is 4.68 Å². The first-order valence-electron chi connectivity index (χ1n) is 4.42. The van der Waals surface area contributed by atoms with Crippen molar-refractivity contribution in [3.8, 4) is 5.69 Å². The van der Waals surface area contributed by atoms with Gasteiger partial charge in [-0.25, -0.2) is 18.2 Å². The second kappa shape index (κ2) is 4.30. The van der Waals surface area contributed by atoms with Crippen LogP contribution < -0.4 is 5.14 Å². The summed E-state index contributed by atoms with van der Waals surface area (Å²) >= 11 is 11.8. The molecule has 2 aromatic rings. The molecular weight excluding hydrogens is 285 g/mol. The second-order valence-corrected chi connectivity index (χ2v) is 5.49. The third-order valence-electron chi connectivity index (χ3n) is 2.06. The normalized spacial score (nSPS) is 11.7. The maximum absolute atomic E-state index is 11.3. The van der Waals surface area contributed by atoms with Crippen LogP contribution in [0.3, 0.4) is 0 Å². The summed E-state index contributed by atoms with van der Waals surface area (Å²) in [5, 5.41) is 9.30. The zero-order chi connectivity index (χ0) is 12.6. The molecular formula is C9H7Cl2N3O2S. The number of halogens is 2.